The Morgan fingerprint density at radius 1 is 1.31 bits per heavy atom. The Morgan fingerprint density at radius 3 is 2.12 bits per heavy atom. The van der Waals surface area contributed by atoms with Gasteiger partial charge >= 0.3 is 0 Å². The fourth-order valence-corrected chi connectivity index (χ4v) is 3.84. The zero-order valence-electron chi connectivity index (χ0n) is 9.23. The first-order valence-corrected chi connectivity index (χ1v) is 8.30. The molecule has 0 saturated carbocycles. The summed E-state index contributed by atoms with van der Waals surface area (Å²) in [4.78, 5) is 0. The molecule has 0 saturated heterocycles. The summed E-state index contributed by atoms with van der Waals surface area (Å²) in [6, 6.07) is -0.774. The van der Waals surface area contributed by atoms with Crippen LogP contribution >= 0.6 is 0 Å². The number of rotatable bonds is 7. The van der Waals surface area contributed by atoms with Crippen LogP contribution < -0.4 is 10.5 Å². The fourth-order valence-electron chi connectivity index (χ4n) is 0.903. The number of amidine groups is 1. The molecule has 4 N–H and O–H groups in total. The zero-order valence-corrected chi connectivity index (χ0v) is 10.9. The van der Waals surface area contributed by atoms with Crippen LogP contribution in [0.15, 0.2) is 0 Å². The Kier molecular flexibility index (Phi) is 5.36. The smallest absolute Gasteiger partial charge is 0.213 e. The van der Waals surface area contributed by atoms with Gasteiger partial charge in [0.25, 0.3) is 0 Å². The van der Waals surface area contributed by atoms with E-state index in [-0.39, 0.29) is 5.84 Å². The van der Waals surface area contributed by atoms with Crippen molar-refractivity contribution < 1.29 is 16.8 Å². The van der Waals surface area contributed by atoms with Crippen molar-refractivity contribution >= 4 is 25.7 Å². The van der Waals surface area contributed by atoms with Gasteiger partial charge in [-0.2, -0.15) is 0 Å². The largest absolute Gasteiger partial charge is 0.386 e. The molecule has 0 fully saturated rings. The quantitative estimate of drug-likeness (QED) is 0.390. The van der Waals surface area contributed by atoms with Crippen molar-refractivity contribution in [2.75, 3.05) is 17.8 Å². The van der Waals surface area contributed by atoms with Gasteiger partial charge in [0.05, 0.1) is 17.5 Å². The van der Waals surface area contributed by atoms with Crippen molar-refractivity contribution in [3.8, 4) is 0 Å². The van der Waals surface area contributed by atoms with Crippen molar-refractivity contribution in [1.82, 2.24) is 4.72 Å². The van der Waals surface area contributed by atoms with E-state index in [0.717, 1.165) is 6.26 Å². The molecule has 0 aliphatic rings. The molecule has 0 aliphatic carbocycles. The number of hydrogen-bond acceptors (Lipinski definition) is 5. The zero-order chi connectivity index (χ0) is 13.0. The van der Waals surface area contributed by atoms with Crippen LogP contribution in [-0.2, 0) is 19.9 Å². The number of nitrogens with one attached hydrogen (secondary N) is 2. The SMILES string of the molecule is CCC(NS(=O)(=O)CCS(C)(=O)=O)C(=N)N. The maximum atomic E-state index is 11.4. The third kappa shape index (κ3) is 6.75. The molecule has 0 spiro atoms. The third-order valence-corrected chi connectivity index (χ3v) is 4.42. The summed E-state index contributed by atoms with van der Waals surface area (Å²) in [7, 11) is -7.05. The molecule has 1 unspecified atom stereocenters. The molecule has 0 aromatic rings. The van der Waals surface area contributed by atoms with E-state index in [9.17, 15) is 16.8 Å². The van der Waals surface area contributed by atoms with Gasteiger partial charge in [0.15, 0.2) is 0 Å². The molecule has 0 rings (SSSR count). The van der Waals surface area contributed by atoms with Gasteiger partial charge in [0, 0.05) is 6.26 Å². The van der Waals surface area contributed by atoms with Crippen LogP contribution in [0.5, 0.6) is 0 Å². The lowest BCUT2D eigenvalue weighted by atomic mass is 10.2. The predicted octanol–water partition coefficient (Wildman–Crippen LogP) is -1.34. The minimum absolute atomic E-state index is 0.287. The molecular weight excluding hydrogens is 254 g/mol. The van der Waals surface area contributed by atoms with Crippen LogP contribution in [0, 0.1) is 5.41 Å². The van der Waals surface area contributed by atoms with E-state index >= 15 is 0 Å². The molecule has 7 nitrogen and oxygen atoms in total. The average Bonchev–Trinajstić information content (AvgIpc) is 2.10. The van der Waals surface area contributed by atoms with Gasteiger partial charge in [-0.25, -0.2) is 21.6 Å². The highest BCUT2D eigenvalue weighted by Crippen LogP contribution is 1.96. The van der Waals surface area contributed by atoms with Crippen molar-refractivity contribution in [3.63, 3.8) is 0 Å². The molecule has 96 valence electrons. The molecule has 0 radical (unpaired) electrons. The summed E-state index contributed by atoms with van der Waals surface area (Å²) >= 11 is 0. The van der Waals surface area contributed by atoms with E-state index in [0.29, 0.717) is 6.42 Å². The lowest BCUT2D eigenvalue weighted by Crippen LogP contribution is -2.45. The molecule has 9 heteroatoms. The van der Waals surface area contributed by atoms with Gasteiger partial charge in [0.1, 0.15) is 15.7 Å². The molecule has 0 aliphatic heterocycles. The molecule has 16 heavy (non-hydrogen) atoms. The maximum absolute atomic E-state index is 11.4. The van der Waals surface area contributed by atoms with Gasteiger partial charge in [-0.3, -0.25) is 5.41 Å². The van der Waals surface area contributed by atoms with Crippen LogP contribution in [0.4, 0.5) is 0 Å². The molecule has 0 bridgehead atoms. The summed E-state index contributed by atoms with van der Waals surface area (Å²) in [5.41, 5.74) is 5.17. The number of hydrogen-bond donors (Lipinski definition) is 3. The van der Waals surface area contributed by atoms with Crippen molar-refractivity contribution in [2.24, 2.45) is 5.73 Å². The van der Waals surface area contributed by atoms with Gasteiger partial charge in [0.2, 0.25) is 10.0 Å². The van der Waals surface area contributed by atoms with E-state index in [1.807, 2.05) is 0 Å². The van der Waals surface area contributed by atoms with E-state index in [4.69, 9.17) is 11.1 Å². The Labute approximate surface area is 95.9 Å². The maximum Gasteiger partial charge on any atom is 0.213 e. The van der Waals surface area contributed by atoms with E-state index in [1.165, 1.54) is 0 Å². The van der Waals surface area contributed by atoms with Crippen molar-refractivity contribution in [1.29, 1.82) is 5.41 Å². The number of sulfone groups is 1. The first-order chi connectivity index (χ1) is 7.07. The van der Waals surface area contributed by atoms with Crippen molar-refractivity contribution in [3.05, 3.63) is 0 Å². The summed E-state index contributed by atoms with van der Waals surface area (Å²) in [5, 5.41) is 7.12. The lowest BCUT2D eigenvalue weighted by Gasteiger charge is -2.15. The Bertz CT molecular complexity index is 440. The number of sulfonamides is 1. The fraction of sp³-hybridized carbons (Fsp3) is 0.857. The highest BCUT2D eigenvalue weighted by Gasteiger charge is 2.20. The first kappa shape index (κ1) is 15.3. The first-order valence-electron chi connectivity index (χ1n) is 4.59. The second-order valence-corrected chi connectivity index (χ2v) is 7.62. The normalized spacial score (nSPS) is 14.6. The van der Waals surface area contributed by atoms with Crippen LogP contribution in [-0.4, -0.2) is 46.5 Å². The highest BCUT2D eigenvalue weighted by molar-refractivity contribution is 7.93. The monoisotopic (exact) mass is 271 g/mol. The van der Waals surface area contributed by atoms with Gasteiger partial charge in [-0.1, -0.05) is 6.92 Å². The third-order valence-electron chi connectivity index (χ3n) is 1.83. The lowest BCUT2D eigenvalue weighted by molar-refractivity contribution is 0.570. The van der Waals surface area contributed by atoms with Gasteiger partial charge in [-0.05, 0) is 6.42 Å². The minimum atomic E-state index is -3.72. The average molecular weight is 271 g/mol. The van der Waals surface area contributed by atoms with Crippen LogP contribution in [0.25, 0.3) is 0 Å². The molecular formula is C7H17N3O4S2. The topological polar surface area (TPSA) is 130 Å². The molecule has 1 atom stereocenters. The van der Waals surface area contributed by atoms with Crippen molar-refractivity contribution in [2.45, 2.75) is 19.4 Å². The summed E-state index contributed by atoms with van der Waals surface area (Å²) in [5.74, 6) is -1.25. The van der Waals surface area contributed by atoms with Gasteiger partial charge < -0.3 is 5.73 Å². The van der Waals surface area contributed by atoms with Crippen LogP contribution in [0.1, 0.15) is 13.3 Å². The Morgan fingerprint density at radius 2 is 1.81 bits per heavy atom. The molecule has 0 aromatic heterocycles. The van der Waals surface area contributed by atoms with E-state index in [2.05, 4.69) is 4.72 Å². The molecule has 0 aromatic carbocycles. The number of nitrogens with two attached hydrogens (primary N) is 1. The Balaban J connectivity index is 4.52. The molecule has 0 heterocycles. The van der Waals surface area contributed by atoms with E-state index in [1.54, 1.807) is 6.92 Å². The predicted molar refractivity (Wildman–Crippen MR) is 62.6 cm³/mol. The Hall–Kier alpha value is -0.670. The van der Waals surface area contributed by atoms with Crippen LogP contribution in [0.3, 0.4) is 0 Å². The van der Waals surface area contributed by atoms with Crippen LogP contribution in [0.2, 0.25) is 0 Å². The second-order valence-electron chi connectivity index (χ2n) is 3.48. The van der Waals surface area contributed by atoms with Gasteiger partial charge in [-0.15, -0.1) is 0 Å². The summed E-state index contributed by atoms with van der Waals surface area (Å²) in [6.45, 7) is 1.67. The highest BCUT2D eigenvalue weighted by atomic mass is 32.2. The minimum Gasteiger partial charge on any atom is -0.386 e. The molecule has 0 amide bonds. The second kappa shape index (κ2) is 5.60. The summed E-state index contributed by atoms with van der Waals surface area (Å²) < 4.78 is 46.6. The summed E-state index contributed by atoms with van der Waals surface area (Å²) in [6.07, 6.45) is 1.30. The standard InChI is InChI=1S/C7H17N3O4S2/c1-3-6(7(8)9)10-16(13,14)5-4-15(2,11)12/h6,10H,3-5H2,1-2H3,(H3,8,9). The van der Waals surface area contributed by atoms with E-state index < -0.39 is 37.4 Å².